The molecule has 0 bridgehead atoms. The molecule has 1 aliphatic rings. The van der Waals surface area contributed by atoms with Gasteiger partial charge in [0, 0.05) is 0 Å². The van der Waals surface area contributed by atoms with Gasteiger partial charge in [0.2, 0.25) is 0 Å². The molecule has 42 valence electrons. The molecule has 4 heteroatoms. The van der Waals surface area contributed by atoms with Crippen LogP contribution in [0.25, 0.3) is 0 Å². The summed E-state index contributed by atoms with van der Waals surface area (Å²) in [6, 6.07) is 0. The largest absolute Gasteiger partial charge is 0.385 e. The maximum absolute atomic E-state index is 8.51. The van der Waals surface area contributed by atoms with Crippen LogP contribution < -0.4 is 0 Å². The Morgan fingerprint density at radius 2 is 2.00 bits per heavy atom. The van der Waals surface area contributed by atoms with Gasteiger partial charge in [-0.05, 0) is 6.92 Å². The predicted molar refractivity (Wildman–Crippen MR) is 18.8 cm³/mol. The van der Waals surface area contributed by atoms with Gasteiger partial charge in [-0.1, -0.05) is 0 Å². The second-order valence-electron chi connectivity index (χ2n) is 1.47. The van der Waals surface area contributed by atoms with E-state index in [0.29, 0.717) is 0 Å². The van der Waals surface area contributed by atoms with Crippen molar-refractivity contribution in [2.75, 3.05) is 0 Å². The fourth-order valence-electron chi connectivity index (χ4n) is 0.182. The molecular weight excluding hydrogens is 100 g/mol. The zero-order valence-corrected chi connectivity index (χ0v) is 3.79. The summed E-state index contributed by atoms with van der Waals surface area (Å²) >= 11 is 0. The van der Waals surface area contributed by atoms with E-state index in [9.17, 15) is 0 Å². The molecule has 1 saturated heterocycles. The number of hydrogen-bond acceptors (Lipinski definition) is 4. The predicted octanol–water partition coefficient (Wildman–Crippen LogP) is -1.02. The van der Waals surface area contributed by atoms with Gasteiger partial charge in [0.25, 0.3) is 0 Å². The number of aliphatic hydroxyl groups is 2. The zero-order chi connectivity index (χ0) is 5.49. The normalized spacial score (nSPS) is 29.6. The quantitative estimate of drug-likeness (QED) is 0.331. The first kappa shape index (κ1) is 4.99. The highest BCUT2D eigenvalue weighted by Crippen LogP contribution is 2.28. The molecule has 0 aliphatic carbocycles. The average molecular weight is 106 g/mol. The molecule has 1 rings (SSSR count). The van der Waals surface area contributed by atoms with Gasteiger partial charge in [-0.2, -0.15) is 9.78 Å². The first-order valence-corrected chi connectivity index (χ1v) is 1.92. The van der Waals surface area contributed by atoms with Crippen LogP contribution in [0.3, 0.4) is 0 Å². The third-order valence-corrected chi connectivity index (χ3v) is 0.782. The SMILES string of the molecule is CC(O)C1(O)OO1. The molecule has 1 unspecified atom stereocenters. The monoisotopic (exact) mass is 106 g/mol. The van der Waals surface area contributed by atoms with Gasteiger partial charge in [-0.25, -0.2) is 0 Å². The molecule has 4 nitrogen and oxygen atoms in total. The Bertz CT molecular complexity index is 75.0. The lowest BCUT2D eigenvalue weighted by atomic mass is 10.4. The molecule has 1 atom stereocenters. The van der Waals surface area contributed by atoms with Gasteiger partial charge in [0.1, 0.15) is 6.10 Å². The Morgan fingerprint density at radius 1 is 1.57 bits per heavy atom. The van der Waals surface area contributed by atoms with E-state index in [1.165, 1.54) is 6.92 Å². The van der Waals surface area contributed by atoms with Crippen LogP contribution >= 0.6 is 0 Å². The van der Waals surface area contributed by atoms with E-state index in [4.69, 9.17) is 10.2 Å². The van der Waals surface area contributed by atoms with Crippen molar-refractivity contribution in [3.05, 3.63) is 0 Å². The van der Waals surface area contributed by atoms with Crippen LogP contribution in [0.5, 0.6) is 0 Å². The van der Waals surface area contributed by atoms with E-state index in [1.54, 1.807) is 0 Å². The molecule has 1 fully saturated rings. The molecule has 2 N–H and O–H groups in total. The molecule has 0 radical (unpaired) electrons. The smallest absolute Gasteiger partial charge is 0.363 e. The highest BCUT2D eigenvalue weighted by molar-refractivity contribution is 4.64. The van der Waals surface area contributed by atoms with Gasteiger partial charge >= 0.3 is 5.97 Å². The Kier molecular flexibility index (Phi) is 0.829. The topological polar surface area (TPSA) is 65.5 Å². The molecule has 0 aromatic rings. The van der Waals surface area contributed by atoms with Crippen molar-refractivity contribution in [3.63, 3.8) is 0 Å². The lowest BCUT2D eigenvalue weighted by molar-refractivity contribution is -0.0738. The molecule has 0 aromatic heterocycles. The average Bonchev–Trinajstić information content (AvgIpc) is 2.21. The van der Waals surface area contributed by atoms with Gasteiger partial charge in [-0.3, -0.25) is 0 Å². The van der Waals surface area contributed by atoms with Crippen molar-refractivity contribution in [1.29, 1.82) is 0 Å². The van der Waals surface area contributed by atoms with Gasteiger partial charge in [0.05, 0.1) is 0 Å². The second-order valence-corrected chi connectivity index (χ2v) is 1.47. The van der Waals surface area contributed by atoms with Gasteiger partial charge < -0.3 is 10.2 Å². The highest BCUT2D eigenvalue weighted by Gasteiger charge is 2.52. The molecule has 0 saturated carbocycles. The molecule has 1 heterocycles. The number of hydrogen-bond donors (Lipinski definition) is 2. The molecule has 7 heavy (non-hydrogen) atoms. The Labute approximate surface area is 40.2 Å². The van der Waals surface area contributed by atoms with Gasteiger partial charge in [-0.15, -0.1) is 0 Å². The van der Waals surface area contributed by atoms with Crippen molar-refractivity contribution in [2.24, 2.45) is 0 Å². The molecular formula is C3H6O4. The van der Waals surface area contributed by atoms with Crippen molar-refractivity contribution < 1.29 is 20.0 Å². The second kappa shape index (κ2) is 1.16. The first-order chi connectivity index (χ1) is 3.15. The van der Waals surface area contributed by atoms with Crippen LogP contribution in [0, 0.1) is 0 Å². The van der Waals surface area contributed by atoms with Crippen molar-refractivity contribution >= 4 is 0 Å². The van der Waals surface area contributed by atoms with E-state index in [1.807, 2.05) is 0 Å². The van der Waals surface area contributed by atoms with Crippen LogP contribution in [0.4, 0.5) is 0 Å². The van der Waals surface area contributed by atoms with Crippen LogP contribution in [-0.4, -0.2) is 22.3 Å². The maximum atomic E-state index is 8.51. The van der Waals surface area contributed by atoms with Crippen LogP contribution in [0.1, 0.15) is 6.92 Å². The van der Waals surface area contributed by atoms with Gasteiger partial charge in [0.15, 0.2) is 0 Å². The Morgan fingerprint density at radius 3 is 2.00 bits per heavy atom. The summed E-state index contributed by atoms with van der Waals surface area (Å²) in [5.41, 5.74) is 0. The molecule has 0 aromatic carbocycles. The third kappa shape index (κ3) is 0.733. The fraction of sp³-hybridized carbons (Fsp3) is 1.00. The lowest BCUT2D eigenvalue weighted by Crippen LogP contribution is -2.24. The minimum atomic E-state index is -1.69. The first-order valence-electron chi connectivity index (χ1n) is 1.92. The Hall–Kier alpha value is -0.160. The maximum Gasteiger partial charge on any atom is 0.363 e. The van der Waals surface area contributed by atoms with Crippen molar-refractivity contribution in [2.45, 2.75) is 19.0 Å². The summed E-state index contributed by atoms with van der Waals surface area (Å²) in [5.74, 6) is -1.69. The standard InChI is InChI=1S/C3H6O4/c1-2(4)3(5)6-7-3/h2,4-5H,1H3. The molecule has 1 aliphatic heterocycles. The summed E-state index contributed by atoms with van der Waals surface area (Å²) in [5, 5.41) is 17.0. The Balaban J connectivity index is 2.39. The zero-order valence-electron chi connectivity index (χ0n) is 3.79. The van der Waals surface area contributed by atoms with Crippen molar-refractivity contribution in [1.82, 2.24) is 0 Å². The van der Waals surface area contributed by atoms with Crippen LogP contribution in [0.15, 0.2) is 0 Å². The highest BCUT2D eigenvalue weighted by atomic mass is 17.4. The molecule has 0 spiro atoms. The minimum absolute atomic E-state index is 0.979. The summed E-state index contributed by atoms with van der Waals surface area (Å²) in [7, 11) is 0. The molecule has 0 amide bonds. The fourth-order valence-corrected chi connectivity index (χ4v) is 0.182. The van der Waals surface area contributed by atoms with E-state index in [2.05, 4.69) is 9.78 Å². The number of rotatable bonds is 1. The summed E-state index contributed by atoms with van der Waals surface area (Å²) in [6.07, 6.45) is -0.979. The summed E-state index contributed by atoms with van der Waals surface area (Å²) in [4.78, 5) is 7.93. The van der Waals surface area contributed by atoms with Crippen LogP contribution in [0.2, 0.25) is 0 Å². The van der Waals surface area contributed by atoms with Crippen LogP contribution in [-0.2, 0) is 9.78 Å². The van der Waals surface area contributed by atoms with E-state index < -0.39 is 12.1 Å². The van der Waals surface area contributed by atoms with E-state index >= 15 is 0 Å². The summed E-state index contributed by atoms with van der Waals surface area (Å²) in [6.45, 7) is 1.37. The van der Waals surface area contributed by atoms with Crippen molar-refractivity contribution in [3.8, 4) is 0 Å². The minimum Gasteiger partial charge on any atom is -0.385 e. The summed E-state index contributed by atoms with van der Waals surface area (Å²) < 4.78 is 0. The van der Waals surface area contributed by atoms with E-state index in [0.717, 1.165) is 0 Å². The third-order valence-electron chi connectivity index (χ3n) is 0.782. The number of aliphatic hydroxyl groups excluding tert-OH is 1. The van der Waals surface area contributed by atoms with E-state index in [-0.39, 0.29) is 0 Å². The lowest BCUT2D eigenvalue weighted by Gasteiger charge is -1.98.